The standard InChI is InChI=1S/C18H28N4O9.C14H20N4O9/c1-9(23)20-14-16(29-11(3)25)15(28-8-13(26)31-18(4,5)6)12(7-27-10(2)24)30-17(14)21-22-19;1-6(19)16-11-13(26-8(3)21)12(25-5-10(22)23)9(4-24-7(2)20)27-14(11)17-18-15/h12,14-17H,7-8H2,1-6H3,(H,20,23);9,11-14H,4-5H2,1-3H3,(H,16,19)(H,22,23)/t12?,14?,15-,16+,17-;9?,11?,12-,13+,14-/m11/s1. The molecule has 324 valence electrons. The molecule has 0 radical (unpaired) electrons. The SMILES string of the molecule is CC(=O)NC1[C@H](N=[N+]=[N-])OC(COC(C)=O)[C@@H](OCC(=O)O)[C@H]1OC(C)=O.CC(=O)NC1[C@H](N=[N+]=[N-])OC(COC(C)=O)[C@@H](OCC(=O)OC(C)(C)C)[C@H]1OC(C)=O. The van der Waals surface area contributed by atoms with Crippen molar-refractivity contribution in [1.82, 2.24) is 10.6 Å². The van der Waals surface area contributed by atoms with Gasteiger partial charge in [0.25, 0.3) is 0 Å². The summed E-state index contributed by atoms with van der Waals surface area (Å²) in [4.78, 5) is 97.1. The molecule has 0 aromatic heterocycles. The topological polar surface area (TPSA) is 361 Å². The van der Waals surface area contributed by atoms with Crippen molar-refractivity contribution < 1.29 is 86.1 Å². The highest BCUT2D eigenvalue weighted by Crippen LogP contribution is 2.29. The number of ether oxygens (including phenoxy) is 9. The van der Waals surface area contributed by atoms with Crippen molar-refractivity contribution in [3.05, 3.63) is 20.9 Å². The minimum Gasteiger partial charge on any atom is -0.480 e. The van der Waals surface area contributed by atoms with E-state index in [9.17, 15) is 38.4 Å². The van der Waals surface area contributed by atoms with Crippen molar-refractivity contribution in [3.8, 4) is 0 Å². The monoisotopic (exact) mass is 832 g/mol. The first-order chi connectivity index (χ1) is 27.0. The van der Waals surface area contributed by atoms with Crippen molar-refractivity contribution >= 4 is 47.6 Å². The second kappa shape index (κ2) is 24.1. The normalized spacial score (nSPS) is 26.2. The van der Waals surface area contributed by atoms with Crippen LogP contribution in [-0.4, -0.2) is 146 Å². The Morgan fingerprint density at radius 1 is 0.638 bits per heavy atom. The molecule has 26 nitrogen and oxygen atoms in total. The van der Waals surface area contributed by atoms with Crippen molar-refractivity contribution in [2.24, 2.45) is 10.2 Å². The van der Waals surface area contributed by atoms with Gasteiger partial charge in [0.1, 0.15) is 68.5 Å². The summed E-state index contributed by atoms with van der Waals surface area (Å²) in [5, 5.41) is 20.7. The molecule has 2 aliphatic heterocycles. The van der Waals surface area contributed by atoms with Crippen LogP contribution in [0.4, 0.5) is 0 Å². The first-order valence-electron chi connectivity index (χ1n) is 17.2. The third-order valence-corrected chi connectivity index (χ3v) is 7.12. The molecular weight excluding hydrogens is 784 g/mol. The Bertz CT molecular complexity index is 1590. The smallest absolute Gasteiger partial charge is 0.332 e. The Morgan fingerprint density at radius 3 is 1.31 bits per heavy atom. The molecule has 0 bridgehead atoms. The predicted octanol–water partition coefficient (Wildman–Crippen LogP) is 0.239. The Balaban J connectivity index is 0.000000586. The van der Waals surface area contributed by atoms with Gasteiger partial charge in [0, 0.05) is 51.4 Å². The molecule has 0 saturated carbocycles. The average molecular weight is 833 g/mol. The van der Waals surface area contributed by atoms with Gasteiger partial charge >= 0.3 is 35.8 Å². The molecule has 2 rings (SSSR count). The lowest BCUT2D eigenvalue weighted by Crippen LogP contribution is -2.65. The highest BCUT2D eigenvalue weighted by atomic mass is 16.6. The molecule has 0 aromatic rings. The molecule has 3 N–H and O–H groups in total. The van der Waals surface area contributed by atoms with Crippen LogP contribution in [0.5, 0.6) is 0 Å². The van der Waals surface area contributed by atoms with E-state index in [-0.39, 0.29) is 13.2 Å². The first kappa shape index (κ1) is 50.2. The second-order valence-corrected chi connectivity index (χ2v) is 13.3. The predicted molar refractivity (Wildman–Crippen MR) is 188 cm³/mol. The fraction of sp³-hybridized carbons (Fsp3) is 0.750. The number of aliphatic carboxylic acids is 1. The molecule has 26 heteroatoms. The van der Waals surface area contributed by atoms with Crippen LogP contribution in [0.1, 0.15) is 62.3 Å². The molecule has 2 heterocycles. The fourth-order valence-corrected chi connectivity index (χ4v) is 5.35. The number of carbonyl (C=O) groups excluding carboxylic acids is 7. The first-order valence-corrected chi connectivity index (χ1v) is 17.2. The van der Waals surface area contributed by atoms with Crippen LogP contribution in [0.25, 0.3) is 20.9 Å². The lowest BCUT2D eigenvalue weighted by Gasteiger charge is -2.44. The van der Waals surface area contributed by atoms with E-state index in [1.54, 1.807) is 20.8 Å². The Hall–Kier alpha value is -5.78. The van der Waals surface area contributed by atoms with E-state index in [0.29, 0.717) is 0 Å². The van der Waals surface area contributed by atoms with E-state index >= 15 is 0 Å². The molecule has 2 fully saturated rings. The number of carboxylic acids is 1. The number of rotatable bonds is 16. The Morgan fingerprint density at radius 2 is 1.02 bits per heavy atom. The van der Waals surface area contributed by atoms with Gasteiger partial charge in [-0.25, -0.2) is 9.59 Å². The van der Waals surface area contributed by atoms with Gasteiger partial charge in [-0.3, -0.25) is 28.8 Å². The summed E-state index contributed by atoms with van der Waals surface area (Å²) in [5.74, 6) is -5.83. The third kappa shape index (κ3) is 18.4. The zero-order chi connectivity index (χ0) is 44.3. The van der Waals surface area contributed by atoms with Crippen molar-refractivity contribution in [2.45, 2.75) is 129 Å². The van der Waals surface area contributed by atoms with E-state index in [1.807, 2.05) is 0 Å². The maximum atomic E-state index is 12.1. The molecular formula is C32H48N8O18. The lowest BCUT2D eigenvalue weighted by atomic mass is 9.95. The van der Waals surface area contributed by atoms with Gasteiger partial charge in [-0.1, -0.05) is 10.2 Å². The van der Waals surface area contributed by atoms with Crippen molar-refractivity contribution in [2.75, 3.05) is 26.4 Å². The zero-order valence-corrected chi connectivity index (χ0v) is 33.2. The van der Waals surface area contributed by atoms with Crippen LogP contribution in [0.3, 0.4) is 0 Å². The zero-order valence-electron chi connectivity index (χ0n) is 33.2. The summed E-state index contributed by atoms with van der Waals surface area (Å²) in [5.41, 5.74) is 16.9. The molecule has 2 saturated heterocycles. The number of azide groups is 2. The molecule has 0 aliphatic carbocycles. The van der Waals surface area contributed by atoms with Crippen molar-refractivity contribution in [3.63, 3.8) is 0 Å². The minimum absolute atomic E-state index is 0.351. The van der Waals surface area contributed by atoms with E-state index in [2.05, 4.69) is 30.7 Å². The van der Waals surface area contributed by atoms with E-state index < -0.39 is 128 Å². The Labute approximate surface area is 331 Å². The number of hydrogen-bond donors (Lipinski definition) is 3. The molecule has 2 amide bonds. The maximum absolute atomic E-state index is 12.1. The van der Waals surface area contributed by atoms with Gasteiger partial charge in [0.2, 0.25) is 11.8 Å². The molecule has 10 atom stereocenters. The van der Waals surface area contributed by atoms with Crippen LogP contribution < -0.4 is 10.6 Å². The minimum atomic E-state index is -1.33. The van der Waals surface area contributed by atoms with E-state index in [0.717, 1.165) is 20.8 Å². The lowest BCUT2D eigenvalue weighted by molar-refractivity contribution is -0.226. The number of carboxylic acid groups (broad SMARTS) is 1. The summed E-state index contributed by atoms with van der Waals surface area (Å²) in [6.45, 7) is 9.91. The maximum Gasteiger partial charge on any atom is 0.332 e. The van der Waals surface area contributed by atoms with Gasteiger partial charge in [-0.15, -0.1) is 0 Å². The quantitative estimate of drug-likeness (QED) is 0.0616. The number of carbonyl (C=O) groups is 8. The molecule has 0 spiro atoms. The van der Waals surface area contributed by atoms with Gasteiger partial charge in [0.05, 0.1) is 0 Å². The van der Waals surface area contributed by atoms with Crippen molar-refractivity contribution in [1.29, 1.82) is 0 Å². The summed E-state index contributed by atoms with van der Waals surface area (Å²) in [6.07, 6.45) is -9.74. The fourth-order valence-electron chi connectivity index (χ4n) is 5.35. The summed E-state index contributed by atoms with van der Waals surface area (Å²) >= 11 is 0. The van der Waals surface area contributed by atoms with Gasteiger partial charge in [-0.2, -0.15) is 0 Å². The van der Waals surface area contributed by atoms with Crippen LogP contribution in [-0.2, 0) is 81.0 Å². The number of esters is 5. The van der Waals surface area contributed by atoms with Crippen LogP contribution >= 0.6 is 0 Å². The molecule has 2 aliphatic rings. The van der Waals surface area contributed by atoms with Gasteiger partial charge in [-0.05, 0) is 31.8 Å². The highest BCUT2D eigenvalue weighted by Gasteiger charge is 2.51. The number of nitrogens with zero attached hydrogens (tertiary/aromatic N) is 6. The summed E-state index contributed by atoms with van der Waals surface area (Å²) in [6, 6.07) is -2.29. The van der Waals surface area contributed by atoms with Gasteiger partial charge < -0.3 is 58.4 Å². The average Bonchev–Trinajstić information content (AvgIpc) is 3.07. The summed E-state index contributed by atoms with van der Waals surface area (Å²) in [7, 11) is 0. The second-order valence-electron chi connectivity index (χ2n) is 13.3. The van der Waals surface area contributed by atoms with Crippen LogP contribution in [0, 0.1) is 0 Å². The highest BCUT2D eigenvalue weighted by molar-refractivity contribution is 5.74. The molecule has 58 heavy (non-hydrogen) atoms. The van der Waals surface area contributed by atoms with Crippen LogP contribution in [0.2, 0.25) is 0 Å². The van der Waals surface area contributed by atoms with Crippen LogP contribution in [0.15, 0.2) is 10.2 Å². The molecule has 4 unspecified atom stereocenters. The summed E-state index contributed by atoms with van der Waals surface area (Å²) < 4.78 is 47.6. The number of nitrogens with one attached hydrogen (secondary N) is 2. The molecule has 0 aromatic carbocycles. The van der Waals surface area contributed by atoms with Gasteiger partial charge in [0.15, 0.2) is 24.7 Å². The van der Waals surface area contributed by atoms with E-state index in [1.165, 1.54) is 20.8 Å². The third-order valence-electron chi connectivity index (χ3n) is 7.12. The number of hydrogen-bond acceptors (Lipinski definition) is 19. The Kier molecular flexibility index (Phi) is 20.9. The van der Waals surface area contributed by atoms with E-state index in [4.69, 9.17) is 58.8 Å². The number of amides is 2. The largest absolute Gasteiger partial charge is 0.480 e.